The molecule has 0 saturated carbocycles. The normalized spacial score (nSPS) is 15.9. The molecule has 2 unspecified atom stereocenters. The van der Waals surface area contributed by atoms with Gasteiger partial charge in [-0.2, -0.15) is 0 Å². The number of carbonyl (C=O) groups is 4. The van der Waals surface area contributed by atoms with Crippen molar-refractivity contribution >= 4 is 24.1 Å². The molecular formula is C36H67N5O5. The van der Waals surface area contributed by atoms with Gasteiger partial charge in [-0.05, 0) is 46.3 Å². The summed E-state index contributed by atoms with van der Waals surface area (Å²) < 4.78 is 5.38. The Morgan fingerprint density at radius 2 is 1.20 bits per heavy atom. The van der Waals surface area contributed by atoms with Gasteiger partial charge in [0.05, 0.1) is 6.61 Å². The molecule has 0 aromatic rings. The first-order valence-electron chi connectivity index (χ1n) is 18.2. The van der Waals surface area contributed by atoms with Gasteiger partial charge in [0.2, 0.25) is 5.91 Å². The van der Waals surface area contributed by atoms with Crippen LogP contribution in [-0.2, 0) is 9.53 Å². The second kappa shape index (κ2) is 26.4. The smallest absolute Gasteiger partial charge is 0.415 e. The van der Waals surface area contributed by atoms with Gasteiger partial charge in [-0.1, -0.05) is 115 Å². The number of allylic oxidation sites excluding steroid dienone is 2. The maximum Gasteiger partial charge on any atom is 0.415 e. The van der Waals surface area contributed by atoms with E-state index < -0.39 is 24.1 Å². The van der Waals surface area contributed by atoms with Crippen LogP contribution in [0.15, 0.2) is 12.2 Å². The van der Waals surface area contributed by atoms with Crippen LogP contribution in [0.1, 0.15) is 129 Å². The number of carbonyl (C=O) groups excluding carboxylic acids is 4. The monoisotopic (exact) mass is 650 g/mol. The Bertz CT molecular complexity index is 881. The summed E-state index contributed by atoms with van der Waals surface area (Å²) in [7, 11) is 7.10. The number of nitrogens with zero attached hydrogens (tertiary/aromatic N) is 3. The van der Waals surface area contributed by atoms with Crippen LogP contribution >= 0.6 is 0 Å². The molecule has 0 spiro atoms. The minimum absolute atomic E-state index is 0.00909. The number of alkyl carbamates (subject to hydrolysis) is 1. The molecule has 266 valence electrons. The Morgan fingerprint density at radius 1 is 0.674 bits per heavy atom. The molecule has 0 saturated heterocycles. The van der Waals surface area contributed by atoms with Gasteiger partial charge in [0.15, 0.2) is 0 Å². The Balaban J connectivity index is 2.36. The minimum atomic E-state index is -0.832. The first kappa shape index (κ1) is 41.4. The summed E-state index contributed by atoms with van der Waals surface area (Å²) in [5.41, 5.74) is 0. The highest BCUT2D eigenvalue weighted by Gasteiger charge is 2.35. The lowest BCUT2D eigenvalue weighted by Crippen LogP contribution is -2.48. The van der Waals surface area contributed by atoms with Gasteiger partial charge in [0, 0.05) is 39.0 Å². The third-order valence-corrected chi connectivity index (χ3v) is 8.93. The number of unbranched alkanes of at least 4 members (excludes halogenated alkanes) is 15. The van der Waals surface area contributed by atoms with Crippen molar-refractivity contribution in [3.8, 4) is 0 Å². The van der Waals surface area contributed by atoms with Crippen LogP contribution in [0.2, 0.25) is 0 Å². The zero-order valence-electron chi connectivity index (χ0n) is 30.0. The lowest BCUT2D eigenvalue weighted by atomic mass is 9.82. The zero-order chi connectivity index (χ0) is 34.0. The number of amides is 6. The molecule has 1 aliphatic rings. The van der Waals surface area contributed by atoms with Crippen molar-refractivity contribution in [1.82, 2.24) is 25.3 Å². The van der Waals surface area contributed by atoms with Crippen molar-refractivity contribution < 1.29 is 23.9 Å². The Hall–Kier alpha value is -2.62. The predicted octanol–water partition coefficient (Wildman–Crippen LogP) is 7.73. The van der Waals surface area contributed by atoms with Crippen molar-refractivity contribution in [2.75, 3.05) is 54.4 Å². The summed E-state index contributed by atoms with van der Waals surface area (Å²) in [6.45, 7) is 3.97. The maximum absolute atomic E-state index is 13.6. The summed E-state index contributed by atoms with van der Waals surface area (Å²) in [5, 5.41) is 4.87. The lowest BCUT2D eigenvalue weighted by Gasteiger charge is -2.31. The Morgan fingerprint density at radius 3 is 1.72 bits per heavy atom. The summed E-state index contributed by atoms with van der Waals surface area (Å²) in [6.07, 6.45) is 25.2. The molecule has 1 aliphatic carbocycles. The van der Waals surface area contributed by atoms with Gasteiger partial charge in [0.1, 0.15) is 0 Å². The van der Waals surface area contributed by atoms with Crippen molar-refractivity contribution in [3.05, 3.63) is 12.2 Å². The molecule has 10 heteroatoms. The Kier molecular flexibility index (Phi) is 23.8. The van der Waals surface area contributed by atoms with Crippen LogP contribution in [0.3, 0.4) is 0 Å². The molecule has 0 heterocycles. The standard InChI is InChI=1S/C36H67N5O5/c1-6-7-8-9-10-11-12-13-14-15-16-17-18-19-20-23-29-41(34(43)37-2)33(42)32-26-22-21-25-31(32)30-46-36(45)38-35(44)40(5)28-24-27-39(3)4/h21-22,31-32H,6-20,23-30H2,1-5H3,(H,37,43)(H,38,44,45). The SMILES string of the molecule is CCCCCCCCCCCCCCCCCCN(C(=O)NC)C(=O)C1CC=CCC1COC(=O)NC(=O)N(C)CCCN(C)C. The summed E-state index contributed by atoms with van der Waals surface area (Å²) in [4.78, 5) is 55.7. The molecule has 1 rings (SSSR count). The van der Waals surface area contributed by atoms with E-state index in [0.29, 0.717) is 25.9 Å². The molecular weight excluding hydrogens is 582 g/mol. The number of hydrogen-bond acceptors (Lipinski definition) is 6. The molecule has 10 nitrogen and oxygen atoms in total. The molecule has 6 amide bonds. The zero-order valence-corrected chi connectivity index (χ0v) is 30.0. The summed E-state index contributed by atoms with van der Waals surface area (Å²) in [5.74, 6) is -0.981. The van der Waals surface area contributed by atoms with E-state index in [9.17, 15) is 19.2 Å². The van der Waals surface area contributed by atoms with Crippen LogP contribution < -0.4 is 10.6 Å². The molecule has 2 N–H and O–H groups in total. The van der Waals surface area contributed by atoms with E-state index in [-0.39, 0.29) is 18.4 Å². The highest BCUT2D eigenvalue weighted by molar-refractivity contribution is 5.95. The average Bonchev–Trinajstić information content (AvgIpc) is 3.04. The molecule has 0 aliphatic heterocycles. The molecule has 46 heavy (non-hydrogen) atoms. The first-order valence-corrected chi connectivity index (χ1v) is 18.2. The number of hydrogen-bond donors (Lipinski definition) is 2. The number of imide groups is 2. The van der Waals surface area contributed by atoms with E-state index >= 15 is 0 Å². The molecule has 0 aromatic heterocycles. The van der Waals surface area contributed by atoms with E-state index in [1.165, 1.54) is 100 Å². The van der Waals surface area contributed by atoms with Gasteiger partial charge in [0.25, 0.3) is 0 Å². The van der Waals surface area contributed by atoms with Gasteiger partial charge in [-0.3, -0.25) is 9.69 Å². The topological polar surface area (TPSA) is 111 Å². The largest absolute Gasteiger partial charge is 0.449 e. The second-order valence-electron chi connectivity index (χ2n) is 13.3. The third kappa shape index (κ3) is 19.1. The summed E-state index contributed by atoms with van der Waals surface area (Å²) in [6, 6.07) is -0.926. The fourth-order valence-electron chi connectivity index (χ4n) is 5.95. The fourth-order valence-corrected chi connectivity index (χ4v) is 5.95. The Labute approximate surface area is 280 Å². The number of rotatable bonds is 24. The highest BCUT2D eigenvalue weighted by atomic mass is 16.5. The maximum atomic E-state index is 13.6. The van der Waals surface area contributed by atoms with Gasteiger partial charge in [-0.15, -0.1) is 0 Å². The van der Waals surface area contributed by atoms with Gasteiger partial charge in [-0.25, -0.2) is 19.7 Å². The molecule has 0 aromatic carbocycles. The van der Waals surface area contributed by atoms with Crippen LogP contribution in [0.5, 0.6) is 0 Å². The number of nitrogens with one attached hydrogen (secondary N) is 2. The molecule has 0 fully saturated rings. The predicted molar refractivity (Wildman–Crippen MR) is 187 cm³/mol. The van der Waals surface area contributed by atoms with Crippen molar-refractivity contribution in [3.63, 3.8) is 0 Å². The number of ether oxygens (including phenoxy) is 1. The van der Waals surface area contributed by atoms with Crippen molar-refractivity contribution in [2.45, 2.75) is 129 Å². The van der Waals surface area contributed by atoms with Gasteiger partial charge < -0.3 is 19.9 Å². The van der Waals surface area contributed by atoms with Crippen molar-refractivity contribution in [1.29, 1.82) is 0 Å². The van der Waals surface area contributed by atoms with Crippen LogP contribution in [-0.4, -0.2) is 93.2 Å². The molecule has 0 bridgehead atoms. The van der Waals surface area contributed by atoms with E-state index in [0.717, 1.165) is 32.2 Å². The second-order valence-corrected chi connectivity index (χ2v) is 13.3. The lowest BCUT2D eigenvalue weighted by molar-refractivity contribution is -0.135. The summed E-state index contributed by atoms with van der Waals surface area (Å²) >= 11 is 0. The van der Waals surface area contributed by atoms with E-state index in [1.807, 2.05) is 31.1 Å². The van der Waals surface area contributed by atoms with Crippen LogP contribution in [0, 0.1) is 11.8 Å². The minimum Gasteiger partial charge on any atom is -0.449 e. The first-order chi connectivity index (χ1) is 22.2. The van der Waals surface area contributed by atoms with E-state index in [2.05, 4.69) is 17.6 Å². The average molecular weight is 650 g/mol. The van der Waals surface area contributed by atoms with Crippen molar-refractivity contribution in [2.24, 2.45) is 11.8 Å². The van der Waals surface area contributed by atoms with E-state index in [4.69, 9.17) is 4.74 Å². The van der Waals surface area contributed by atoms with E-state index in [1.54, 1.807) is 7.05 Å². The van der Waals surface area contributed by atoms with Gasteiger partial charge >= 0.3 is 18.2 Å². The quantitative estimate of drug-likeness (QED) is 0.0818. The molecule has 2 atom stereocenters. The van der Waals surface area contributed by atoms with Crippen LogP contribution in [0.25, 0.3) is 0 Å². The fraction of sp³-hybridized carbons (Fsp3) is 0.833. The highest BCUT2D eigenvalue weighted by Crippen LogP contribution is 2.28. The number of urea groups is 2. The van der Waals surface area contributed by atoms with Crippen LogP contribution in [0.4, 0.5) is 14.4 Å². The molecule has 0 radical (unpaired) electrons. The third-order valence-electron chi connectivity index (χ3n) is 8.93.